The van der Waals surface area contributed by atoms with E-state index >= 15 is 0 Å². The largest absolute Gasteiger partial charge is 0.299 e. The van der Waals surface area contributed by atoms with E-state index in [0.717, 1.165) is 43.4 Å². The highest BCUT2D eigenvalue weighted by Crippen LogP contribution is 2.64. The van der Waals surface area contributed by atoms with Crippen molar-refractivity contribution in [3.8, 4) is 0 Å². The number of hydrogen-bond donors (Lipinski definition) is 0. The van der Waals surface area contributed by atoms with Crippen LogP contribution in [0.15, 0.2) is 23.3 Å². The fraction of sp³-hybridized carbons (Fsp3) is 0.800. The molecule has 0 bridgehead atoms. The third-order valence-electron chi connectivity index (χ3n) is 9.36. The molecule has 0 aromatic heterocycles. The van der Waals surface area contributed by atoms with Gasteiger partial charge in [-0.15, -0.1) is 0 Å². The number of rotatable bonds is 1. The maximum Gasteiger partial charge on any atom is 0.136 e. The van der Waals surface area contributed by atoms with Gasteiger partial charge in [0, 0.05) is 12.3 Å². The third-order valence-corrected chi connectivity index (χ3v) is 9.36. The number of allylic oxidation sites excluding steroid dienone is 4. The third kappa shape index (κ3) is 2.60. The van der Waals surface area contributed by atoms with Crippen molar-refractivity contribution in [2.24, 2.45) is 34.5 Å². The number of hydrogen-bond acceptors (Lipinski definition) is 1. The minimum absolute atomic E-state index is 0.289. The van der Waals surface area contributed by atoms with Gasteiger partial charge in [0.05, 0.1) is 0 Å². The molecule has 0 spiro atoms. The van der Waals surface area contributed by atoms with Gasteiger partial charge in [-0.05, 0) is 93.3 Å². The normalized spacial score (nSPS) is 47.5. The molecule has 0 aromatic rings. The van der Waals surface area contributed by atoms with E-state index in [1.165, 1.54) is 38.5 Å². The molecule has 0 aromatic carbocycles. The Kier molecular flexibility index (Phi) is 4.73. The molecule has 0 saturated heterocycles. The second-order valence-electron chi connectivity index (χ2n) is 10.2. The van der Waals surface area contributed by atoms with Crippen LogP contribution in [-0.4, -0.2) is 5.78 Å². The molecule has 3 fully saturated rings. The van der Waals surface area contributed by atoms with Gasteiger partial charge < -0.3 is 0 Å². The van der Waals surface area contributed by atoms with Gasteiger partial charge in [-0.2, -0.15) is 0 Å². The van der Waals surface area contributed by atoms with Crippen LogP contribution in [-0.2, 0) is 4.79 Å². The van der Waals surface area contributed by atoms with Gasteiger partial charge in [0.15, 0.2) is 0 Å². The molecular formula is C25H38O. The molecule has 0 aliphatic heterocycles. The van der Waals surface area contributed by atoms with Crippen molar-refractivity contribution in [3.63, 3.8) is 0 Å². The Hall–Kier alpha value is -0.850. The lowest BCUT2D eigenvalue weighted by molar-refractivity contribution is -0.123. The number of ketones is 1. The summed E-state index contributed by atoms with van der Waals surface area (Å²) in [6.07, 6.45) is 17.2. The Morgan fingerprint density at radius 2 is 1.88 bits per heavy atom. The summed E-state index contributed by atoms with van der Waals surface area (Å²) in [5.41, 5.74) is 4.14. The van der Waals surface area contributed by atoms with E-state index in [0.29, 0.717) is 11.2 Å². The van der Waals surface area contributed by atoms with E-state index in [2.05, 4.69) is 39.8 Å². The first kappa shape index (κ1) is 18.5. The van der Waals surface area contributed by atoms with Crippen LogP contribution >= 0.6 is 0 Å². The first-order valence-electron chi connectivity index (χ1n) is 11.3. The molecule has 0 amide bonds. The SMILES string of the molecule is C/C=C1/CCC[C@H]2[C@@H]3CC=C4CC(CC)C(=O)CC[C@]4(C)[C@H]3CC[C@]12C. The van der Waals surface area contributed by atoms with E-state index in [1.54, 1.807) is 11.1 Å². The van der Waals surface area contributed by atoms with Crippen LogP contribution in [0.25, 0.3) is 0 Å². The van der Waals surface area contributed by atoms with Crippen molar-refractivity contribution < 1.29 is 4.79 Å². The van der Waals surface area contributed by atoms with Gasteiger partial charge in [-0.3, -0.25) is 4.79 Å². The van der Waals surface area contributed by atoms with Crippen molar-refractivity contribution in [2.45, 2.75) is 91.9 Å². The standard InChI is InChI=1S/C25H38O/c1-5-17-16-19-10-11-20-21-9-7-8-18(6-2)24(21,3)14-12-22(20)25(19,4)15-13-23(17)26/h6,10,17,20-22H,5,7-9,11-16H2,1-4H3/b18-6-/t17?,20-,21-,22-,24+,25-/m0/s1. The van der Waals surface area contributed by atoms with Gasteiger partial charge in [0.25, 0.3) is 0 Å². The van der Waals surface area contributed by atoms with Crippen LogP contribution in [0.4, 0.5) is 0 Å². The lowest BCUT2D eigenvalue weighted by Gasteiger charge is -2.59. The zero-order valence-electron chi connectivity index (χ0n) is 17.4. The van der Waals surface area contributed by atoms with E-state index < -0.39 is 0 Å². The highest BCUT2D eigenvalue weighted by Gasteiger charge is 2.55. The van der Waals surface area contributed by atoms with Crippen LogP contribution in [0.3, 0.4) is 0 Å². The van der Waals surface area contributed by atoms with Crippen molar-refractivity contribution in [3.05, 3.63) is 23.3 Å². The fourth-order valence-corrected chi connectivity index (χ4v) is 7.68. The quantitative estimate of drug-likeness (QED) is 0.469. The van der Waals surface area contributed by atoms with E-state index in [-0.39, 0.29) is 11.3 Å². The molecule has 4 aliphatic carbocycles. The van der Waals surface area contributed by atoms with Crippen LogP contribution in [0.2, 0.25) is 0 Å². The monoisotopic (exact) mass is 354 g/mol. The van der Waals surface area contributed by atoms with E-state index in [1.807, 2.05) is 0 Å². The van der Waals surface area contributed by atoms with Gasteiger partial charge >= 0.3 is 0 Å². The fourth-order valence-electron chi connectivity index (χ4n) is 7.68. The topological polar surface area (TPSA) is 17.1 Å². The summed E-state index contributed by atoms with van der Waals surface area (Å²) in [4.78, 5) is 12.6. The molecule has 1 unspecified atom stereocenters. The van der Waals surface area contributed by atoms with Crippen LogP contribution in [0.1, 0.15) is 91.9 Å². The summed E-state index contributed by atoms with van der Waals surface area (Å²) in [6.45, 7) is 9.57. The summed E-state index contributed by atoms with van der Waals surface area (Å²) < 4.78 is 0. The lowest BCUT2D eigenvalue weighted by atomic mass is 9.45. The maximum atomic E-state index is 12.6. The Balaban J connectivity index is 1.68. The first-order chi connectivity index (χ1) is 12.4. The highest BCUT2D eigenvalue weighted by atomic mass is 16.1. The average Bonchev–Trinajstić information content (AvgIpc) is 2.77. The van der Waals surface area contributed by atoms with E-state index in [9.17, 15) is 4.79 Å². The summed E-state index contributed by atoms with van der Waals surface area (Å²) in [6, 6.07) is 0. The van der Waals surface area contributed by atoms with Crippen molar-refractivity contribution in [2.75, 3.05) is 0 Å². The van der Waals surface area contributed by atoms with Gasteiger partial charge in [-0.1, -0.05) is 44.1 Å². The Bertz CT molecular complexity index is 641. The lowest BCUT2D eigenvalue weighted by Crippen LogP contribution is -2.50. The summed E-state index contributed by atoms with van der Waals surface area (Å²) in [5, 5.41) is 0. The van der Waals surface area contributed by atoms with Gasteiger partial charge in [-0.25, -0.2) is 0 Å². The summed E-state index contributed by atoms with van der Waals surface area (Å²) in [7, 11) is 0. The van der Waals surface area contributed by atoms with Crippen LogP contribution in [0, 0.1) is 34.5 Å². The number of Topliss-reactive ketones (excluding diaryl/α,β-unsaturated/α-hetero) is 1. The predicted molar refractivity (Wildman–Crippen MR) is 109 cm³/mol. The Labute approximate surface area is 160 Å². The van der Waals surface area contributed by atoms with Crippen LogP contribution in [0.5, 0.6) is 0 Å². The highest BCUT2D eigenvalue weighted by molar-refractivity contribution is 5.82. The molecule has 1 heteroatoms. The minimum Gasteiger partial charge on any atom is -0.299 e. The first-order valence-corrected chi connectivity index (χ1v) is 11.3. The zero-order chi connectivity index (χ0) is 18.5. The molecule has 4 aliphatic rings. The molecule has 6 atom stereocenters. The zero-order valence-corrected chi connectivity index (χ0v) is 17.4. The minimum atomic E-state index is 0.289. The molecule has 4 rings (SSSR count). The molecular weight excluding hydrogens is 316 g/mol. The summed E-state index contributed by atoms with van der Waals surface area (Å²) in [5.74, 6) is 3.33. The molecule has 3 saturated carbocycles. The van der Waals surface area contributed by atoms with Crippen molar-refractivity contribution >= 4 is 5.78 Å². The molecule has 0 N–H and O–H groups in total. The molecule has 144 valence electrons. The molecule has 0 heterocycles. The van der Waals surface area contributed by atoms with Crippen LogP contribution < -0.4 is 0 Å². The Morgan fingerprint density at radius 3 is 2.62 bits per heavy atom. The van der Waals surface area contributed by atoms with E-state index in [4.69, 9.17) is 0 Å². The van der Waals surface area contributed by atoms with Gasteiger partial charge in [0.2, 0.25) is 0 Å². The second-order valence-corrected chi connectivity index (χ2v) is 10.2. The maximum absolute atomic E-state index is 12.6. The molecule has 0 radical (unpaired) electrons. The van der Waals surface area contributed by atoms with Gasteiger partial charge in [0.1, 0.15) is 5.78 Å². The smallest absolute Gasteiger partial charge is 0.136 e. The molecule has 1 nitrogen and oxygen atoms in total. The average molecular weight is 355 g/mol. The number of carbonyl (C=O) groups is 1. The number of carbonyl (C=O) groups excluding carboxylic acids is 1. The predicted octanol–water partition coefficient (Wildman–Crippen LogP) is 6.88. The molecule has 26 heavy (non-hydrogen) atoms. The van der Waals surface area contributed by atoms with Crippen molar-refractivity contribution in [1.82, 2.24) is 0 Å². The second kappa shape index (κ2) is 6.64. The number of fused-ring (bicyclic) bond motifs is 5. The Morgan fingerprint density at radius 1 is 1.12 bits per heavy atom. The van der Waals surface area contributed by atoms with Crippen molar-refractivity contribution in [1.29, 1.82) is 0 Å². The summed E-state index contributed by atoms with van der Waals surface area (Å²) >= 11 is 0.